The number of hydrogen-bond acceptors (Lipinski definition) is 14. The predicted molar refractivity (Wildman–Crippen MR) is 224 cm³/mol. The van der Waals surface area contributed by atoms with E-state index in [1.165, 1.54) is 60.7 Å². The van der Waals surface area contributed by atoms with E-state index in [1.54, 1.807) is 36.4 Å². The molecule has 23 heteroatoms. The molecular weight excluding hydrogens is 856 g/mol. The fraction of sp³-hybridized carbons (Fsp3) is 0. The zero-order valence-electron chi connectivity index (χ0n) is 31.2. The Morgan fingerprint density at radius 2 is 0.898 bits per heavy atom. The number of hydrogen-bond donors (Lipinski definition) is 5. The molecule has 285 valence electrons. The summed E-state index contributed by atoms with van der Waals surface area (Å²) in [5.74, 6) is -0.664. The number of rotatable bonds is 9. The van der Waals surface area contributed by atoms with Crippen molar-refractivity contribution in [3.05, 3.63) is 115 Å². The molecule has 59 heavy (non-hydrogen) atoms. The summed E-state index contributed by atoms with van der Waals surface area (Å²) in [5.41, 5.74) is 6.55. The van der Waals surface area contributed by atoms with Gasteiger partial charge in [0.15, 0.2) is 5.75 Å². The van der Waals surface area contributed by atoms with Gasteiger partial charge in [0.2, 0.25) is 0 Å². The van der Waals surface area contributed by atoms with E-state index in [4.69, 9.17) is 5.73 Å². The summed E-state index contributed by atoms with van der Waals surface area (Å²) in [4.78, 5) is -1.70. The third kappa shape index (κ3) is 10.7. The van der Waals surface area contributed by atoms with Crippen molar-refractivity contribution in [3.63, 3.8) is 0 Å². The van der Waals surface area contributed by atoms with Gasteiger partial charge in [-0.25, -0.2) is 0 Å². The standard InChI is InChI=1S/C36H25N7O10S3.3Na/c37-21-7-6-20-16-34(56(51,52)53)35(36(44)27(20)17-21)43-42-33-15-13-31(26-11-9-24(19-29(26)33)55(48,49)50)41-40-30-12-14-32(39-38-22-4-2-1-3-5-22)28-18-23(54(45,46)47)8-10-25(28)30;;;/h1-19,44H,37H2,(H,45,46,47)(H,48,49,50)(H,51,52,53);;;. The minimum atomic E-state index is -4.95. The smallest absolute Gasteiger partial charge is 0.296 e. The monoisotopic (exact) mass is 880 g/mol. The number of nitrogen functional groups attached to an aromatic ring is 1. The third-order valence-electron chi connectivity index (χ3n) is 8.39. The molecule has 0 spiro atoms. The summed E-state index contributed by atoms with van der Waals surface area (Å²) in [6.07, 6.45) is 0. The van der Waals surface area contributed by atoms with Crippen molar-refractivity contribution in [1.29, 1.82) is 0 Å². The molecule has 7 aromatic rings. The average molecular weight is 881 g/mol. The van der Waals surface area contributed by atoms with Gasteiger partial charge < -0.3 is 10.8 Å². The molecule has 0 atom stereocenters. The van der Waals surface area contributed by atoms with Gasteiger partial charge in [0.25, 0.3) is 30.4 Å². The van der Waals surface area contributed by atoms with Crippen LogP contribution in [-0.4, -0.2) is 133 Å². The van der Waals surface area contributed by atoms with Gasteiger partial charge in [-0.1, -0.05) is 36.4 Å². The summed E-state index contributed by atoms with van der Waals surface area (Å²) < 4.78 is 102. The van der Waals surface area contributed by atoms with Crippen molar-refractivity contribution in [2.45, 2.75) is 14.7 Å². The van der Waals surface area contributed by atoms with Crippen LogP contribution in [0.2, 0.25) is 0 Å². The van der Waals surface area contributed by atoms with Crippen LogP contribution in [0.3, 0.4) is 0 Å². The van der Waals surface area contributed by atoms with Crippen LogP contribution < -0.4 is 5.73 Å². The zero-order chi connectivity index (χ0) is 40.0. The molecule has 6 N–H and O–H groups in total. The molecule has 0 aliphatic carbocycles. The van der Waals surface area contributed by atoms with E-state index in [0.717, 1.165) is 18.2 Å². The molecule has 0 heterocycles. The van der Waals surface area contributed by atoms with E-state index in [0.29, 0.717) is 11.1 Å². The molecular formula is C36H25N7Na3O10S3. The Balaban J connectivity index is 0.00000256. The summed E-state index contributed by atoms with van der Waals surface area (Å²) in [5, 5.41) is 37.5. The van der Waals surface area contributed by atoms with Gasteiger partial charge >= 0.3 is 0 Å². The van der Waals surface area contributed by atoms with Crippen LogP contribution in [0, 0.1) is 0 Å². The molecule has 0 aliphatic rings. The first kappa shape index (κ1) is 48.1. The van der Waals surface area contributed by atoms with Gasteiger partial charge in [-0.15, -0.1) is 25.6 Å². The number of benzene rings is 7. The average Bonchev–Trinajstić information content (AvgIpc) is 3.15. The van der Waals surface area contributed by atoms with Crippen LogP contribution in [-0.2, 0) is 30.4 Å². The van der Waals surface area contributed by atoms with Crippen molar-refractivity contribution in [2.75, 3.05) is 5.73 Å². The van der Waals surface area contributed by atoms with E-state index in [1.807, 2.05) is 0 Å². The number of fused-ring (bicyclic) bond motifs is 3. The summed E-state index contributed by atoms with van der Waals surface area (Å²) in [6, 6.07) is 27.2. The van der Waals surface area contributed by atoms with Gasteiger partial charge in [-0.05, 0) is 84.2 Å². The molecule has 0 amide bonds. The van der Waals surface area contributed by atoms with E-state index in [2.05, 4.69) is 30.7 Å². The van der Waals surface area contributed by atoms with E-state index in [-0.39, 0.29) is 144 Å². The van der Waals surface area contributed by atoms with Crippen molar-refractivity contribution < 1.29 is 44.0 Å². The maximum absolute atomic E-state index is 12.3. The molecule has 0 aromatic heterocycles. The Labute approximate surface area is 402 Å². The van der Waals surface area contributed by atoms with Gasteiger partial charge in [0.05, 0.1) is 38.2 Å². The number of nitrogens with zero attached hydrogens (tertiary/aromatic N) is 6. The molecule has 3 radical (unpaired) electrons. The third-order valence-corrected chi connectivity index (χ3v) is 11.0. The molecule has 0 aliphatic heterocycles. The minimum Gasteiger partial charge on any atom is -0.505 e. The Morgan fingerprint density at radius 3 is 1.37 bits per heavy atom. The molecule has 7 rings (SSSR count). The van der Waals surface area contributed by atoms with Gasteiger partial charge in [-0.3, -0.25) is 13.7 Å². The number of azo groups is 3. The van der Waals surface area contributed by atoms with Crippen LogP contribution in [0.25, 0.3) is 32.3 Å². The SMILES string of the molecule is Nc1ccc2cc(S(=O)(=O)O)c(N=Nc3ccc(N=Nc4ccc(N=Nc5ccccc5)c5cc(S(=O)(=O)O)ccc45)c4ccc(S(=O)(=O)O)cc34)c(O)c2c1.[Na].[Na].[Na]. The van der Waals surface area contributed by atoms with Crippen LogP contribution in [0.15, 0.2) is 161 Å². The molecule has 0 fully saturated rings. The number of nitrogens with two attached hydrogens (primary N) is 1. The molecule has 0 unspecified atom stereocenters. The van der Waals surface area contributed by atoms with E-state index in [9.17, 15) is 44.0 Å². The second kappa shape index (κ2) is 19.0. The van der Waals surface area contributed by atoms with E-state index >= 15 is 0 Å². The van der Waals surface area contributed by atoms with Crippen molar-refractivity contribution in [2.24, 2.45) is 30.7 Å². The Kier molecular flexibility index (Phi) is 15.5. The Morgan fingerprint density at radius 1 is 0.441 bits per heavy atom. The number of phenolic OH excluding ortho intramolecular Hbond substituents is 1. The molecule has 0 saturated carbocycles. The minimum absolute atomic E-state index is 0. The van der Waals surface area contributed by atoms with Crippen LogP contribution in [0.4, 0.5) is 39.8 Å². The number of aromatic hydroxyl groups is 1. The summed E-state index contributed by atoms with van der Waals surface area (Å²) >= 11 is 0. The second-order valence-electron chi connectivity index (χ2n) is 12.0. The quantitative estimate of drug-likeness (QED) is 0.0398. The second-order valence-corrected chi connectivity index (χ2v) is 16.3. The Hall–Kier alpha value is -3.55. The summed E-state index contributed by atoms with van der Waals surface area (Å²) in [6.45, 7) is 0. The molecule has 17 nitrogen and oxygen atoms in total. The summed E-state index contributed by atoms with van der Waals surface area (Å²) in [7, 11) is -14.3. The van der Waals surface area contributed by atoms with Crippen LogP contribution in [0.5, 0.6) is 5.75 Å². The largest absolute Gasteiger partial charge is 0.505 e. The molecule has 7 aromatic carbocycles. The van der Waals surface area contributed by atoms with Gasteiger partial charge in [0.1, 0.15) is 10.6 Å². The zero-order valence-corrected chi connectivity index (χ0v) is 39.6. The van der Waals surface area contributed by atoms with Crippen LogP contribution in [0.1, 0.15) is 0 Å². The fourth-order valence-electron chi connectivity index (χ4n) is 5.73. The fourth-order valence-corrected chi connectivity index (χ4v) is 7.40. The first-order chi connectivity index (χ1) is 26.5. The first-order valence-corrected chi connectivity index (χ1v) is 20.2. The normalized spacial score (nSPS) is 12.3. The van der Waals surface area contributed by atoms with Gasteiger partial charge in [0, 0.05) is 121 Å². The van der Waals surface area contributed by atoms with Crippen molar-refractivity contribution in [3.8, 4) is 5.75 Å². The molecule has 0 saturated heterocycles. The first-order valence-electron chi connectivity index (χ1n) is 15.9. The van der Waals surface area contributed by atoms with Crippen molar-refractivity contribution in [1.82, 2.24) is 0 Å². The van der Waals surface area contributed by atoms with Crippen LogP contribution >= 0.6 is 0 Å². The van der Waals surface area contributed by atoms with E-state index < -0.39 is 56.5 Å². The topological polar surface area (TPSA) is 284 Å². The maximum Gasteiger partial charge on any atom is 0.296 e. The molecule has 0 bridgehead atoms. The number of anilines is 1. The van der Waals surface area contributed by atoms with Crippen molar-refractivity contribution >= 4 is 191 Å². The predicted octanol–water partition coefficient (Wildman–Crippen LogP) is 8.28. The maximum atomic E-state index is 12.3. The van der Waals surface area contributed by atoms with Gasteiger partial charge in [-0.2, -0.15) is 30.4 Å². The number of phenols is 1. The Bertz CT molecular complexity index is 3210.